The normalized spacial score (nSPS) is 18.2. The van der Waals surface area contributed by atoms with E-state index in [4.69, 9.17) is 0 Å². The summed E-state index contributed by atoms with van der Waals surface area (Å²) in [4.78, 5) is 13.3. The quantitative estimate of drug-likeness (QED) is 0.894. The predicted octanol–water partition coefficient (Wildman–Crippen LogP) is 2.85. The molecule has 3 rings (SSSR count). The first-order valence-electron chi connectivity index (χ1n) is 6.95. The Morgan fingerprint density at radius 2 is 1.75 bits per heavy atom. The summed E-state index contributed by atoms with van der Waals surface area (Å²) in [6.07, 6.45) is 3.82. The number of amides is 2. The molecule has 0 bridgehead atoms. The average Bonchev–Trinajstić information content (AvgIpc) is 3.01. The number of carbonyl (C=O) groups is 1. The van der Waals surface area contributed by atoms with Gasteiger partial charge in [0.2, 0.25) is 0 Å². The molecule has 2 fully saturated rings. The fraction of sp³-hybridized carbons (Fsp3) is 0.500. The van der Waals surface area contributed by atoms with Gasteiger partial charge in [-0.3, -0.25) is 0 Å². The standard InChI is InChI=1S/C14H17F2N3O/c15-11-7-10(18-14(20)17-9-3-4-9)8-12(16)13(11)19-5-1-2-6-19/h7-9H,1-6H2,(H2,17,18,20). The highest BCUT2D eigenvalue weighted by atomic mass is 19.1. The molecule has 20 heavy (non-hydrogen) atoms. The lowest BCUT2D eigenvalue weighted by molar-refractivity contribution is 0.251. The van der Waals surface area contributed by atoms with Crippen LogP contribution in [0, 0.1) is 11.6 Å². The number of benzene rings is 1. The van der Waals surface area contributed by atoms with E-state index in [0.29, 0.717) is 13.1 Å². The van der Waals surface area contributed by atoms with Gasteiger partial charge in [0.05, 0.1) is 0 Å². The van der Waals surface area contributed by atoms with Crippen LogP contribution in [-0.4, -0.2) is 25.2 Å². The molecule has 1 aromatic rings. The van der Waals surface area contributed by atoms with Gasteiger partial charge in [-0.2, -0.15) is 0 Å². The Bertz CT molecular complexity index is 502. The van der Waals surface area contributed by atoms with Gasteiger partial charge < -0.3 is 15.5 Å². The molecule has 6 heteroatoms. The summed E-state index contributed by atoms with van der Waals surface area (Å²) in [6, 6.07) is 2.13. The number of rotatable bonds is 3. The minimum atomic E-state index is -0.631. The van der Waals surface area contributed by atoms with E-state index in [1.807, 2.05) is 0 Å². The summed E-state index contributed by atoms with van der Waals surface area (Å²) in [5, 5.41) is 5.17. The first kappa shape index (κ1) is 13.1. The van der Waals surface area contributed by atoms with Crippen LogP contribution >= 0.6 is 0 Å². The minimum Gasteiger partial charge on any atom is -0.367 e. The van der Waals surface area contributed by atoms with Gasteiger partial charge in [0.1, 0.15) is 5.69 Å². The van der Waals surface area contributed by atoms with Crippen LogP contribution in [0.25, 0.3) is 0 Å². The van der Waals surface area contributed by atoms with Crippen molar-refractivity contribution in [1.82, 2.24) is 5.32 Å². The zero-order valence-electron chi connectivity index (χ0n) is 11.1. The summed E-state index contributed by atoms with van der Waals surface area (Å²) >= 11 is 0. The summed E-state index contributed by atoms with van der Waals surface area (Å²) in [6.45, 7) is 1.34. The summed E-state index contributed by atoms with van der Waals surface area (Å²) in [7, 11) is 0. The SMILES string of the molecule is O=C(Nc1cc(F)c(N2CCCC2)c(F)c1)NC1CC1. The molecule has 1 aliphatic heterocycles. The second kappa shape index (κ2) is 5.26. The minimum absolute atomic E-state index is 0.00986. The Morgan fingerprint density at radius 1 is 1.15 bits per heavy atom. The van der Waals surface area contributed by atoms with Crippen molar-refractivity contribution in [2.75, 3.05) is 23.3 Å². The zero-order chi connectivity index (χ0) is 14.1. The molecule has 4 nitrogen and oxygen atoms in total. The van der Waals surface area contributed by atoms with Crippen LogP contribution < -0.4 is 15.5 Å². The maximum atomic E-state index is 14.0. The van der Waals surface area contributed by atoms with E-state index in [1.165, 1.54) is 12.1 Å². The molecule has 2 amide bonds. The van der Waals surface area contributed by atoms with Crippen molar-refractivity contribution in [3.05, 3.63) is 23.8 Å². The lowest BCUT2D eigenvalue weighted by atomic mass is 10.2. The van der Waals surface area contributed by atoms with Gasteiger partial charge in [-0.15, -0.1) is 0 Å². The van der Waals surface area contributed by atoms with Crippen LogP contribution in [0.3, 0.4) is 0 Å². The molecule has 2 aliphatic rings. The van der Waals surface area contributed by atoms with Crippen LogP contribution in [0.4, 0.5) is 25.0 Å². The number of hydrogen-bond acceptors (Lipinski definition) is 2. The van der Waals surface area contributed by atoms with Crippen LogP contribution in [-0.2, 0) is 0 Å². The zero-order valence-corrected chi connectivity index (χ0v) is 11.1. The fourth-order valence-corrected chi connectivity index (χ4v) is 2.46. The van der Waals surface area contributed by atoms with Crippen molar-refractivity contribution < 1.29 is 13.6 Å². The van der Waals surface area contributed by atoms with E-state index in [2.05, 4.69) is 10.6 Å². The smallest absolute Gasteiger partial charge is 0.319 e. The van der Waals surface area contributed by atoms with E-state index in [1.54, 1.807) is 4.90 Å². The van der Waals surface area contributed by atoms with E-state index in [9.17, 15) is 13.6 Å². The number of carbonyl (C=O) groups excluding carboxylic acids is 1. The lowest BCUT2D eigenvalue weighted by Gasteiger charge is -2.19. The number of anilines is 2. The third-order valence-corrected chi connectivity index (χ3v) is 3.61. The van der Waals surface area contributed by atoms with Crippen LogP contribution in [0.1, 0.15) is 25.7 Å². The second-order valence-corrected chi connectivity index (χ2v) is 5.36. The Morgan fingerprint density at radius 3 is 2.30 bits per heavy atom. The lowest BCUT2D eigenvalue weighted by Crippen LogP contribution is -2.30. The van der Waals surface area contributed by atoms with Crippen molar-refractivity contribution >= 4 is 17.4 Å². The van der Waals surface area contributed by atoms with Gasteiger partial charge in [0.25, 0.3) is 0 Å². The molecule has 0 atom stereocenters. The molecule has 0 spiro atoms. The summed E-state index contributed by atoms with van der Waals surface area (Å²) in [5.74, 6) is -1.26. The molecule has 108 valence electrons. The Balaban J connectivity index is 1.74. The van der Waals surface area contributed by atoms with E-state index >= 15 is 0 Å². The van der Waals surface area contributed by atoms with Crippen molar-refractivity contribution in [2.24, 2.45) is 0 Å². The molecule has 0 aromatic heterocycles. The molecule has 1 saturated heterocycles. The van der Waals surface area contributed by atoms with Crippen molar-refractivity contribution in [3.63, 3.8) is 0 Å². The molecule has 0 unspecified atom stereocenters. The first-order chi connectivity index (χ1) is 9.63. The van der Waals surface area contributed by atoms with Gasteiger partial charge in [-0.05, 0) is 37.8 Å². The van der Waals surface area contributed by atoms with Crippen molar-refractivity contribution in [2.45, 2.75) is 31.7 Å². The number of nitrogens with one attached hydrogen (secondary N) is 2. The highest BCUT2D eigenvalue weighted by Crippen LogP contribution is 2.29. The predicted molar refractivity (Wildman–Crippen MR) is 73.0 cm³/mol. The Hall–Kier alpha value is -1.85. The fourth-order valence-electron chi connectivity index (χ4n) is 2.46. The maximum absolute atomic E-state index is 14.0. The number of nitrogens with zero attached hydrogens (tertiary/aromatic N) is 1. The average molecular weight is 281 g/mol. The monoisotopic (exact) mass is 281 g/mol. The number of halogens is 2. The third-order valence-electron chi connectivity index (χ3n) is 3.61. The van der Waals surface area contributed by atoms with Gasteiger partial charge in [-0.25, -0.2) is 13.6 Å². The van der Waals surface area contributed by atoms with Gasteiger partial charge in [0.15, 0.2) is 11.6 Å². The van der Waals surface area contributed by atoms with E-state index in [-0.39, 0.29) is 17.4 Å². The number of hydrogen-bond donors (Lipinski definition) is 2. The van der Waals surface area contributed by atoms with Crippen LogP contribution in [0.5, 0.6) is 0 Å². The molecule has 1 aliphatic carbocycles. The van der Waals surface area contributed by atoms with Crippen LogP contribution in [0.2, 0.25) is 0 Å². The van der Waals surface area contributed by atoms with E-state index < -0.39 is 17.7 Å². The summed E-state index contributed by atoms with van der Waals surface area (Å²) in [5.41, 5.74) is 0.150. The van der Waals surface area contributed by atoms with Gasteiger partial charge in [0, 0.05) is 24.8 Å². The molecule has 1 aromatic carbocycles. The second-order valence-electron chi connectivity index (χ2n) is 5.36. The third kappa shape index (κ3) is 2.84. The Labute approximate surface area is 116 Å². The topological polar surface area (TPSA) is 44.4 Å². The molecule has 1 saturated carbocycles. The molecule has 0 radical (unpaired) electrons. The maximum Gasteiger partial charge on any atom is 0.319 e. The number of urea groups is 1. The van der Waals surface area contributed by atoms with Crippen molar-refractivity contribution in [1.29, 1.82) is 0 Å². The van der Waals surface area contributed by atoms with Gasteiger partial charge >= 0.3 is 6.03 Å². The highest BCUT2D eigenvalue weighted by molar-refractivity contribution is 5.89. The molecule has 2 N–H and O–H groups in total. The van der Waals surface area contributed by atoms with Gasteiger partial charge in [-0.1, -0.05) is 0 Å². The highest BCUT2D eigenvalue weighted by Gasteiger charge is 2.24. The molecular weight excluding hydrogens is 264 g/mol. The Kier molecular flexibility index (Phi) is 3.46. The largest absolute Gasteiger partial charge is 0.367 e. The van der Waals surface area contributed by atoms with Crippen LogP contribution in [0.15, 0.2) is 12.1 Å². The van der Waals surface area contributed by atoms with E-state index in [0.717, 1.165) is 25.7 Å². The summed E-state index contributed by atoms with van der Waals surface area (Å²) < 4.78 is 28.1. The molecule has 1 heterocycles. The molecular formula is C14H17F2N3O. The first-order valence-corrected chi connectivity index (χ1v) is 6.95. The van der Waals surface area contributed by atoms with Crippen molar-refractivity contribution in [3.8, 4) is 0 Å².